The minimum Gasteiger partial charge on any atom is -0.330 e. The third-order valence-corrected chi connectivity index (χ3v) is 3.50. The van der Waals surface area contributed by atoms with E-state index in [0.29, 0.717) is 25.1 Å². The Balaban J connectivity index is 1.90. The van der Waals surface area contributed by atoms with Gasteiger partial charge in [-0.1, -0.05) is 0 Å². The molecule has 2 rings (SSSR count). The van der Waals surface area contributed by atoms with Crippen molar-refractivity contribution in [3.05, 3.63) is 34.0 Å². The molecule has 0 amide bonds. The number of nitrogens with two attached hydrogens (primary N) is 1. The standard InChI is InChI=1S/C12H16N4OS/c1-16-7-9(6-14-16)2-3-11(17)10-8-18-12(15-10)4-5-13/h6-8H,2-5,13H2,1H3. The molecule has 0 aliphatic heterocycles. The first kappa shape index (κ1) is 12.9. The molecule has 2 heterocycles. The van der Waals surface area contributed by atoms with E-state index in [2.05, 4.69) is 10.1 Å². The molecule has 0 unspecified atom stereocenters. The molecule has 96 valence electrons. The fraction of sp³-hybridized carbons (Fsp3) is 0.417. The number of rotatable bonds is 6. The highest BCUT2D eigenvalue weighted by Crippen LogP contribution is 2.13. The normalized spacial score (nSPS) is 10.8. The van der Waals surface area contributed by atoms with E-state index in [9.17, 15) is 4.79 Å². The van der Waals surface area contributed by atoms with E-state index in [1.165, 1.54) is 11.3 Å². The lowest BCUT2D eigenvalue weighted by Gasteiger charge is -1.95. The lowest BCUT2D eigenvalue weighted by Crippen LogP contribution is -2.04. The smallest absolute Gasteiger partial charge is 0.182 e. The van der Waals surface area contributed by atoms with Gasteiger partial charge in [-0.3, -0.25) is 9.48 Å². The van der Waals surface area contributed by atoms with Gasteiger partial charge in [-0.05, 0) is 18.5 Å². The molecule has 0 saturated heterocycles. The summed E-state index contributed by atoms with van der Waals surface area (Å²) in [6.07, 6.45) is 5.62. The van der Waals surface area contributed by atoms with E-state index in [4.69, 9.17) is 5.73 Å². The minimum absolute atomic E-state index is 0.0818. The van der Waals surface area contributed by atoms with Crippen LogP contribution in [0.25, 0.3) is 0 Å². The number of aromatic nitrogens is 3. The van der Waals surface area contributed by atoms with Gasteiger partial charge in [-0.15, -0.1) is 11.3 Å². The summed E-state index contributed by atoms with van der Waals surface area (Å²) in [5.74, 6) is 0.0818. The molecule has 2 N–H and O–H groups in total. The first-order valence-electron chi connectivity index (χ1n) is 5.84. The summed E-state index contributed by atoms with van der Waals surface area (Å²) >= 11 is 1.50. The lowest BCUT2D eigenvalue weighted by atomic mass is 10.1. The maximum atomic E-state index is 11.9. The molecule has 0 aliphatic rings. The molecule has 0 aliphatic carbocycles. The fourth-order valence-electron chi connectivity index (χ4n) is 1.66. The van der Waals surface area contributed by atoms with Crippen LogP contribution in [0.1, 0.15) is 27.5 Å². The fourth-order valence-corrected chi connectivity index (χ4v) is 2.48. The summed E-state index contributed by atoms with van der Waals surface area (Å²) in [5, 5.41) is 6.82. The van der Waals surface area contributed by atoms with Crippen molar-refractivity contribution < 1.29 is 4.79 Å². The summed E-state index contributed by atoms with van der Waals surface area (Å²) in [6, 6.07) is 0. The number of aryl methyl sites for hydroxylation is 2. The van der Waals surface area contributed by atoms with Crippen LogP contribution in [-0.2, 0) is 19.9 Å². The average molecular weight is 264 g/mol. The third kappa shape index (κ3) is 3.24. The van der Waals surface area contributed by atoms with Gasteiger partial charge >= 0.3 is 0 Å². The van der Waals surface area contributed by atoms with Crippen molar-refractivity contribution in [2.75, 3.05) is 6.54 Å². The predicted molar refractivity (Wildman–Crippen MR) is 70.7 cm³/mol. The first-order chi connectivity index (χ1) is 8.69. The Bertz CT molecular complexity index is 532. The summed E-state index contributed by atoms with van der Waals surface area (Å²) in [6.45, 7) is 0.566. The van der Waals surface area contributed by atoms with E-state index in [1.54, 1.807) is 10.9 Å². The number of hydrogen-bond donors (Lipinski definition) is 1. The van der Waals surface area contributed by atoms with Crippen molar-refractivity contribution in [1.82, 2.24) is 14.8 Å². The van der Waals surface area contributed by atoms with Gasteiger partial charge in [0.05, 0.1) is 11.2 Å². The average Bonchev–Trinajstić information content (AvgIpc) is 2.96. The van der Waals surface area contributed by atoms with Crippen molar-refractivity contribution >= 4 is 17.1 Å². The molecule has 5 nitrogen and oxygen atoms in total. The number of thiazole rings is 1. The summed E-state index contributed by atoms with van der Waals surface area (Å²) in [7, 11) is 1.87. The largest absolute Gasteiger partial charge is 0.330 e. The van der Waals surface area contributed by atoms with Gasteiger partial charge in [-0.25, -0.2) is 4.98 Å². The zero-order valence-electron chi connectivity index (χ0n) is 10.3. The van der Waals surface area contributed by atoms with Gasteiger partial charge in [0.1, 0.15) is 5.69 Å². The van der Waals surface area contributed by atoms with Crippen LogP contribution in [-0.4, -0.2) is 27.1 Å². The molecule has 0 bridgehead atoms. The summed E-state index contributed by atoms with van der Waals surface area (Å²) in [5.41, 5.74) is 7.09. The second kappa shape index (κ2) is 5.88. The van der Waals surface area contributed by atoms with Gasteiger partial charge < -0.3 is 5.73 Å². The van der Waals surface area contributed by atoms with E-state index in [1.807, 2.05) is 18.6 Å². The monoisotopic (exact) mass is 264 g/mol. The van der Waals surface area contributed by atoms with Crippen LogP contribution >= 0.6 is 11.3 Å². The molecule has 0 saturated carbocycles. The Hall–Kier alpha value is -1.53. The maximum absolute atomic E-state index is 11.9. The number of carbonyl (C=O) groups excluding carboxylic acids is 1. The van der Waals surface area contributed by atoms with Crippen LogP contribution in [0.2, 0.25) is 0 Å². The van der Waals surface area contributed by atoms with Crippen LogP contribution in [0.5, 0.6) is 0 Å². The molecular weight excluding hydrogens is 248 g/mol. The zero-order valence-corrected chi connectivity index (χ0v) is 11.1. The van der Waals surface area contributed by atoms with Gasteiger partial charge in [0, 0.05) is 31.5 Å². The van der Waals surface area contributed by atoms with E-state index >= 15 is 0 Å². The molecule has 0 aromatic carbocycles. The molecular formula is C12H16N4OS. The van der Waals surface area contributed by atoms with E-state index in [0.717, 1.165) is 17.0 Å². The van der Waals surface area contributed by atoms with Crippen LogP contribution < -0.4 is 5.73 Å². The molecule has 0 radical (unpaired) electrons. The summed E-state index contributed by atoms with van der Waals surface area (Å²) in [4.78, 5) is 16.2. The second-order valence-corrected chi connectivity index (χ2v) is 5.05. The quantitative estimate of drug-likeness (QED) is 0.795. The van der Waals surface area contributed by atoms with Crippen LogP contribution in [0.3, 0.4) is 0 Å². The first-order valence-corrected chi connectivity index (χ1v) is 6.72. The topological polar surface area (TPSA) is 73.8 Å². The number of Topliss-reactive ketones (excluding diaryl/α,β-unsaturated/α-hetero) is 1. The Morgan fingerprint density at radius 1 is 1.50 bits per heavy atom. The predicted octanol–water partition coefficient (Wildman–Crippen LogP) is 1.19. The Morgan fingerprint density at radius 3 is 3.00 bits per heavy atom. The maximum Gasteiger partial charge on any atom is 0.182 e. The highest BCUT2D eigenvalue weighted by atomic mass is 32.1. The number of carbonyl (C=O) groups is 1. The van der Waals surface area contributed by atoms with Crippen LogP contribution in [0.4, 0.5) is 0 Å². The Morgan fingerprint density at radius 2 is 2.33 bits per heavy atom. The van der Waals surface area contributed by atoms with Crippen molar-refractivity contribution in [2.45, 2.75) is 19.3 Å². The second-order valence-electron chi connectivity index (χ2n) is 4.11. The van der Waals surface area contributed by atoms with E-state index < -0.39 is 0 Å². The van der Waals surface area contributed by atoms with Gasteiger partial charge in [0.25, 0.3) is 0 Å². The van der Waals surface area contributed by atoms with Crippen LogP contribution in [0.15, 0.2) is 17.8 Å². The highest BCUT2D eigenvalue weighted by Gasteiger charge is 2.11. The number of hydrogen-bond acceptors (Lipinski definition) is 5. The molecule has 2 aromatic heterocycles. The highest BCUT2D eigenvalue weighted by molar-refractivity contribution is 7.09. The third-order valence-electron chi connectivity index (χ3n) is 2.59. The molecule has 0 fully saturated rings. The van der Waals surface area contributed by atoms with Crippen molar-refractivity contribution in [2.24, 2.45) is 12.8 Å². The van der Waals surface area contributed by atoms with Gasteiger partial charge in [0.2, 0.25) is 0 Å². The van der Waals surface area contributed by atoms with E-state index in [-0.39, 0.29) is 5.78 Å². The molecule has 6 heteroatoms. The molecule has 2 aromatic rings. The minimum atomic E-state index is 0.0818. The molecule has 18 heavy (non-hydrogen) atoms. The SMILES string of the molecule is Cn1cc(CCC(=O)c2csc(CCN)n2)cn1. The lowest BCUT2D eigenvalue weighted by molar-refractivity contribution is 0.0978. The van der Waals surface area contributed by atoms with Crippen molar-refractivity contribution in [1.29, 1.82) is 0 Å². The van der Waals surface area contributed by atoms with Gasteiger partial charge in [-0.2, -0.15) is 5.10 Å². The molecule has 0 atom stereocenters. The van der Waals surface area contributed by atoms with Crippen LogP contribution in [0, 0.1) is 0 Å². The molecule has 0 spiro atoms. The van der Waals surface area contributed by atoms with Crippen molar-refractivity contribution in [3.8, 4) is 0 Å². The zero-order chi connectivity index (χ0) is 13.0. The Labute approximate surface area is 110 Å². The Kier molecular flexibility index (Phi) is 4.22. The number of ketones is 1. The van der Waals surface area contributed by atoms with Crippen molar-refractivity contribution in [3.63, 3.8) is 0 Å². The summed E-state index contributed by atoms with van der Waals surface area (Å²) < 4.78 is 1.74. The van der Waals surface area contributed by atoms with Gasteiger partial charge in [0.15, 0.2) is 5.78 Å². The number of nitrogens with zero attached hydrogens (tertiary/aromatic N) is 3.